The molecule has 0 bridgehead atoms. The number of hydrogen-bond acceptors (Lipinski definition) is 8. The third kappa shape index (κ3) is 14.4. The number of nitrogens with zero attached hydrogens (tertiary/aromatic N) is 1. The molecule has 46 heavy (non-hydrogen) atoms. The predicted molar refractivity (Wildman–Crippen MR) is 170 cm³/mol. The predicted octanol–water partition coefficient (Wildman–Crippen LogP) is -1.19. The van der Waals surface area contributed by atoms with E-state index in [2.05, 4.69) is 26.3 Å². The van der Waals surface area contributed by atoms with Gasteiger partial charge in [0.25, 0.3) is 0 Å². The smallest absolute Gasteiger partial charge is 0.326 e. The fraction of sp³-hybridized carbons (Fsp3) is 0.567. The number of carboxylic acid groups (broad SMARTS) is 2. The van der Waals surface area contributed by atoms with Crippen molar-refractivity contribution in [1.82, 2.24) is 21.3 Å². The van der Waals surface area contributed by atoms with Gasteiger partial charge >= 0.3 is 11.9 Å². The van der Waals surface area contributed by atoms with Crippen LogP contribution in [0.25, 0.3) is 0 Å². The van der Waals surface area contributed by atoms with Crippen LogP contribution in [0.15, 0.2) is 35.3 Å². The van der Waals surface area contributed by atoms with E-state index in [4.69, 9.17) is 22.3 Å². The van der Waals surface area contributed by atoms with Crippen LogP contribution in [0.2, 0.25) is 0 Å². The molecule has 16 nitrogen and oxygen atoms in total. The van der Waals surface area contributed by atoms with Gasteiger partial charge in [-0.25, -0.2) is 4.79 Å². The Morgan fingerprint density at radius 1 is 0.739 bits per heavy atom. The molecule has 0 saturated heterocycles. The average Bonchev–Trinajstić information content (AvgIpc) is 2.97. The Hall–Kier alpha value is -4.73. The van der Waals surface area contributed by atoms with E-state index in [1.807, 2.05) is 30.3 Å². The first kappa shape index (κ1) is 39.3. The van der Waals surface area contributed by atoms with E-state index >= 15 is 0 Å². The van der Waals surface area contributed by atoms with E-state index in [9.17, 15) is 33.9 Å². The van der Waals surface area contributed by atoms with Crippen molar-refractivity contribution in [1.29, 1.82) is 0 Å². The third-order valence-corrected chi connectivity index (χ3v) is 6.97. The fourth-order valence-corrected chi connectivity index (χ4v) is 4.37. The van der Waals surface area contributed by atoms with E-state index < -0.39 is 84.0 Å². The summed E-state index contributed by atoms with van der Waals surface area (Å²) in [5.74, 6) is -6.70. The molecule has 0 spiro atoms. The van der Waals surface area contributed by atoms with Gasteiger partial charge in [0.2, 0.25) is 23.6 Å². The van der Waals surface area contributed by atoms with E-state index in [1.54, 1.807) is 27.7 Å². The van der Waals surface area contributed by atoms with Gasteiger partial charge in [-0.05, 0) is 43.1 Å². The van der Waals surface area contributed by atoms with E-state index in [-0.39, 0.29) is 31.8 Å². The van der Waals surface area contributed by atoms with Crippen molar-refractivity contribution < 1.29 is 39.0 Å². The lowest BCUT2D eigenvalue weighted by Crippen LogP contribution is -2.60. The molecule has 0 radical (unpaired) electrons. The van der Waals surface area contributed by atoms with Crippen LogP contribution in [0, 0.1) is 11.8 Å². The first-order chi connectivity index (χ1) is 21.5. The van der Waals surface area contributed by atoms with Gasteiger partial charge in [0.15, 0.2) is 5.96 Å². The second kappa shape index (κ2) is 19.6. The minimum absolute atomic E-state index is 0.0915. The number of benzene rings is 1. The normalized spacial score (nSPS) is 14.2. The number of amides is 4. The largest absolute Gasteiger partial charge is 0.481 e. The second-order valence-corrected chi connectivity index (χ2v) is 11.6. The van der Waals surface area contributed by atoms with Gasteiger partial charge < -0.3 is 48.7 Å². The Balaban J connectivity index is 3.14. The van der Waals surface area contributed by atoms with Crippen LogP contribution >= 0.6 is 0 Å². The zero-order valence-corrected chi connectivity index (χ0v) is 26.7. The number of guanidine groups is 1. The van der Waals surface area contributed by atoms with Crippen LogP contribution in [0.1, 0.15) is 58.9 Å². The maximum atomic E-state index is 13.5. The molecule has 0 aliphatic heterocycles. The Morgan fingerprint density at radius 2 is 1.26 bits per heavy atom. The summed E-state index contributed by atoms with van der Waals surface area (Å²) in [5, 5.41) is 28.7. The van der Waals surface area contributed by atoms with Gasteiger partial charge in [-0.2, -0.15) is 0 Å². The third-order valence-electron chi connectivity index (χ3n) is 6.97. The molecule has 0 fully saturated rings. The molecule has 1 aromatic rings. The highest BCUT2D eigenvalue weighted by Gasteiger charge is 2.33. The summed E-state index contributed by atoms with van der Waals surface area (Å²) in [7, 11) is 0. The summed E-state index contributed by atoms with van der Waals surface area (Å²) < 4.78 is 0. The van der Waals surface area contributed by atoms with Gasteiger partial charge in [0.05, 0.1) is 6.04 Å². The lowest BCUT2D eigenvalue weighted by molar-refractivity contribution is -0.144. The minimum atomic E-state index is -1.41. The molecule has 1 aromatic carbocycles. The van der Waals surface area contributed by atoms with E-state index in [0.717, 1.165) is 5.56 Å². The standard InChI is InChI=1S/C30H48N8O8/c1-16(2)23(28(44)36-21(12-13-22(39)40)27(43)38-24(17(3)4)29(45)46)37-26(42)20(11-8-14-34-30(32)33)35-25(41)19(31)15-18-9-6-5-7-10-18/h5-7,9-10,16-17,19-21,23-24H,8,11-15,31H2,1-4H3,(H,35,41)(H,36,44)(H,37,42)(H,38,43)(H,39,40)(H,45,46)(H4,32,33,34). The number of nitrogens with two attached hydrogens (primary N) is 3. The highest BCUT2D eigenvalue weighted by molar-refractivity contribution is 5.95. The maximum absolute atomic E-state index is 13.5. The molecular formula is C30H48N8O8. The van der Waals surface area contributed by atoms with Gasteiger partial charge in [-0.3, -0.25) is 29.0 Å². The molecule has 0 saturated carbocycles. The number of hydrogen-bond donors (Lipinski definition) is 9. The van der Waals surface area contributed by atoms with Crippen LogP contribution in [-0.4, -0.2) is 88.5 Å². The number of aliphatic imine (C=N–C) groups is 1. The van der Waals surface area contributed by atoms with Gasteiger partial charge in [-0.1, -0.05) is 58.0 Å². The Labute approximate surface area is 268 Å². The van der Waals surface area contributed by atoms with Gasteiger partial charge in [-0.15, -0.1) is 0 Å². The number of nitrogens with one attached hydrogen (secondary N) is 4. The van der Waals surface area contributed by atoms with Crippen LogP contribution in [-0.2, 0) is 35.2 Å². The minimum Gasteiger partial charge on any atom is -0.481 e. The number of carbonyl (C=O) groups excluding carboxylic acids is 4. The molecule has 12 N–H and O–H groups in total. The van der Waals surface area contributed by atoms with E-state index in [0.29, 0.717) is 6.42 Å². The van der Waals surface area contributed by atoms with E-state index in [1.165, 1.54) is 0 Å². The van der Waals surface area contributed by atoms with Crippen molar-refractivity contribution in [3.8, 4) is 0 Å². The summed E-state index contributed by atoms with van der Waals surface area (Å²) in [6, 6.07) is 3.04. The Kier molecular flexibility index (Phi) is 16.8. The van der Waals surface area contributed by atoms with Crippen molar-refractivity contribution in [2.24, 2.45) is 34.0 Å². The first-order valence-corrected chi connectivity index (χ1v) is 15.0. The molecule has 5 atom stereocenters. The SMILES string of the molecule is CC(C)C(NC(=O)C(CCC(=O)O)NC(=O)C(NC(=O)C(CCCN=C(N)N)NC(=O)C(N)Cc1ccccc1)C(C)C)C(=O)O. The van der Waals surface area contributed by atoms with Crippen LogP contribution < -0.4 is 38.5 Å². The molecule has 0 aliphatic carbocycles. The fourth-order valence-electron chi connectivity index (χ4n) is 4.37. The van der Waals surface area contributed by atoms with Crippen LogP contribution in [0.3, 0.4) is 0 Å². The quantitative estimate of drug-likeness (QED) is 0.0460. The topological polar surface area (TPSA) is 281 Å². The number of rotatable bonds is 20. The Bertz CT molecular complexity index is 1220. The number of carbonyl (C=O) groups is 6. The lowest BCUT2D eigenvalue weighted by atomic mass is 10.00. The molecule has 1 rings (SSSR count). The van der Waals surface area contributed by atoms with Gasteiger partial charge in [0, 0.05) is 13.0 Å². The highest BCUT2D eigenvalue weighted by atomic mass is 16.4. The molecule has 4 amide bonds. The summed E-state index contributed by atoms with van der Waals surface area (Å²) in [5.41, 5.74) is 17.7. The molecule has 0 aromatic heterocycles. The summed E-state index contributed by atoms with van der Waals surface area (Å²) in [6.07, 6.45) is -0.233. The first-order valence-electron chi connectivity index (χ1n) is 15.0. The Morgan fingerprint density at radius 3 is 1.76 bits per heavy atom. The molecule has 16 heteroatoms. The zero-order chi connectivity index (χ0) is 35.0. The summed E-state index contributed by atoms with van der Waals surface area (Å²) >= 11 is 0. The van der Waals surface area contributed by atoms with Crippen LogP contribution in [0.4, 0.5) is 0 Å². The molecule has 0 aliphatic rings. The molecule has 0 heterocycles. The van der Waals surface area contributed by atoms with Crippen molar-refractivity contribution in [2.75, 3.05) is 6.54 Å². The van der Waals surface area contributed by atoms with Crippen molar-refractivity contribution in [2.45, 2.75) is 90.0 Å². The zero-order valence-electron chi connectivity index (χ0n) is 26.7. The molecule has 5 unspecified atom stereocenters. The average molecular weight is 649 g/mol. The number of carboxylic acids is 2. The second-order valence-electron chi connectivity index (χ2n) is 11.6. The van der Waals surface area contributed by atoms with Crippen LogP contribution in [0.5, 0.6) is 0 Å². The monoisotopic (exact) mass is 648 g/mol. The summed E-state index contributed by atoms with van der Waals surface area (Å²) in [6.45, 7) is 6.60. The molecule has 256 valence electrons. The summed E-state index contributed by atoms with van der Waals surface area (Å²) in [4.78, 5) is 79.6. The lowest BCUT2D eigenvalue weighted by Gasteiger charge is -2.28. The van der Waals surface area contributed by atoms with Crippen molar-refractivity contribution >= 4 is 41.5 Å². The van der Waals surface area contributed by atoms with Crippen molar-refractivity contribution in [3.05, 3.63) is 35.9 Å². The van der Waals surface area contributed by atoms with Gasteiger partial charge in [0.1, 0.15) is 24.2 Å². The molecular weight excluding hydrogens is 600 g/mol. The van der Waals surface area contributed by atoms with Crippen molar-refractivity contribution in [3.63, 3.8) is 0 Å². The number of aliphatic carboxylic acids is 2. The highest BCUT2D eigenvalue weighted by Crippen LogP contribution is 2.10. The maximum Gasteiger partial charge on any atom is 0.326 e.